The van der Waals surface area contributed by atoms with E-state index in [1.165, 1.54) is 10.5 Å². The zero-order valence-electron chi connectivity index (χ0n) is 15.3. The van der Waals surface area contributed by atoms with Crippen LogP contribution in [0.1, 0.15) is 11.1 Å². The van der Waals surface area contributed by atoms with E-state index in [0.717, 1.165) is 12.0 Å². The fourth-order valence-electron chi connectivity index (χ4n) is 3.28. The first kappa shape index (κ1) is 17.8. The molecule has 1 N–H and O–H groups in total. The lowest BCUT2D eigenvalue weighted by Crippen LogP contribution is -2.44. The Morgan fingerprint density at radius 2 is 1.64 bits per heavy atom. The van der Waals surface area contributed by atoms with Crippen LogP contribution in [-0.4, -0.2) is 25.0 Å². The van der Waals surface area contributed by atoms with Gasteiger partial charge in [0.05, 0.1) is 11.4 Å². The molecule has 0 spiro atoms. The van der Waals surface area contributed by atoms with Crippen molar-refractivity contribution in [1.82, 2.24) is 0 Å². The second kappa shape index (κ2) is 7.96. The molecule has 140 valence electrons. The Hall–Kier alpha value is -3.60. The van der Waals surface area contributed by atoms with Gasteiger partial charge in [0.25, 0.3) is 5.91 Å². The molecule has 0 aromatic heterocycles. The topological polar surface area (TPSA) is 58.6 Å². The monoisotopic (exact) mass is 372 g/mol. The maximum atomic E-state index is 12.8. The summed E-state index contributed by atoms with van der Waals surface area (Å²) in [6.45, 7) is -0.141. The molecule has 1 aliphatic rings. The van der Waals surface area contributed by atoms with Crippen LogP contribution < -0.4 is 15.0 Å². The lowest BCUT2D eigenvalue weighted by atomic mass is 10.0. The summed E-state index contributed by atoms with van der Waals surface area (Å²) >= 11 is 0. The predicted octanol–water partition coefficient (Wildman–Crippen LogP) is 3.64. The van der Waals surface area contributed by atoms with Crippen LogP contribution in [0.5, 0.6) is 5.75 Å². The van der Waals surface area contributed by atoms with Gasteiger partial charge in [-0.3, -0.25) is 14.5 Å². The molecule has 0 saturated heterocycles. The number of fused-ring (bicyclic) bond motifs is 1. The van der Waals surface area contributed by atoms with Crippen molar-refractivity contribution in [1.29, 1.82) is 0 Å². The van der Waals surface area contributed by atoms with E-state index in [1.807, 2.05) is 60.7 Å². The molecular formula is C23H20N2O3. The van der Waals surface area contributed by atoms with Crippen LogP contribution in [-0.2, 0) is 16.0 Å². The van der Waals surface area contributed by atoms with Crippen LogP contribution >= 0.6 is 0 Å². The van der Waals surface area contributed by atoms with E-state index in [0.29, 0.717) is 17.1 Å². The standard InChI is InChI=1S/C23H20N2O3/c26-22-15-25(20-12-6-5-11-19(20)24-22)23(27)16-28-21-13-7-4-10-18(21)14-17-8-2-1-3-9-17/h1-13H,14-16H2,(H,24,26). The fourth-order valence-corrected chi connectivity index (χ4v) is 3.28. The second-order valence-electron chi connectivity index (χ2n) is 6.60. The van der Waals surface area contributed by atoms with Gasteiger partial charge in [-0.1, -0.05) is 60.7 Å². The van der Waals surface area contributed by atoms with Gasteiger partial charge in [0.2, 0.25) is 5.91 Å². The Balaban J connectivity index is 1.48. The van der Waals surface area contributed by atoms with Crippen LogP contribution in [0.4, 0.5) is 11.4 Å². The van der Waals surface area contributed by atoms with Crippen LogP contribution in [0.25, 0.3) is 0 Å². The molecule has 1 aliphatic heterocycles. The first-order valence-corrected chi connectivity index (χ1v) is 9.14. The van der Waals surface area contributed by atoms with Gasteiger partial charge in [0.15, 0.2) is 6.61 Å². The third-order valence-corrected chi connectivity index (χ3v) is 4.63. The molecule has 3 aromatic rings. The third-order valence-electron chi connectivity index (χ3n) is 4.63. The number of benzene rings is 3. The highest BCUT2D eigenvalue weighted by Gasteiger charge is 2.26. The summed E-state index contributed by atoms with van der Waals surface area (Å²) in [5, 5.41) is 2.78. The largest absolute Gasteiger partial charge is 0.483 e. The molecule has 0 unspecified atom stereocenters. The van der Waals surface area contributed by atoms with Gasteiger partial charge < -0.3 is 10.1 Å². The average molecular weight is 372 g/mol. The molecule has 3 aromatic carbocycles. The first-order valence-electron chi connectivity index (χ1n) is 9.14. The molecule has 1 heterocycles. The Morgan fingerprint density at radius 1 is 0.929 bits per heavy atom. The minimum atomic E-state index is -0.253. The van der Waals surface area contributed by atoms with Gasteiger partial charge in [0, 0.05) is 6.42 Å². The van der Waals surface area contributed by atoms with Crippen molar-refractivity contribution < 1.29 is 14.3 Å². The number of hydrogen-bond acceptors (Lipinski definition) is 3. The smallest absolute Gasteiger partial charge is 0.265 e. The first-order chi connectivity index (χ1) is 13.7. The lowest BCUT2D eigenvalue weighted by molar-refractivity contribution is -0.123. The van der Waals surface area contributed by atoms with Gasteiger partial charge in [-0.15, -0.1) is 0 Å². The number of anilines is 2. The van der Waals surface area contributed by atoms with E-state index >= 15 is 0 Å². The fraction of sp³-hybridized carbons (Fsp3) is 0.130. The Labute approximate surface area is 163 Å². The molecule has 5 heteroatoms. The van der Waals surface area contributed by atoms with E-state index in [2.05, 4.69) is 17.4 Å². The number of nitrogens with one attached hydrogen (secondary N) is 1. The van der Waals surface area contributed by atoms with Crippen LogP contribution in [0.15, 0.2) is 78.9 Å². The van der Waals surface area contributed by atoms with Crippen LogP contribution in [0, 0.1) is 0 Å². The van der Waals surface area contributed by atoms with Gasteiger partial charge in [-0.25, -0.2) is 0 Å². The van der Waals surface area contributed by atoms with E-state index in [-0.39, 0.29) is 25.0 Å². The zero-order valence-corrected chi connectivity index (χ0v) is 15.3. The molecule has 0 fully saturated rings. The van der Waals surface area contributed by atoms with Gasteiger partial charge in [-0.05, 0) is 29.3 Å². The van der Waals surface area contributed by atoms with Crippen molar-refractivity contribution in [3.8, 4) is 5.75 Å². The van der Waals surface area contributed by atoms with Crippen LogP contribution in [0.2, 0.25) is 0 Å². The molecule has 0 aliphatic carbocycles. The van der Waals surface area contributed by atoms with E-state index < -0.39 is 0 Å². The number of nitrogens with zero attached hydrogens (tertiary/aromatic N) is 1. The predicted molar refractivity (Wildman–Crippen MR) is 109 cm³/mol. The summed E-state index contributed by atoms with van der Waals surface area (Å²) in [6, 6.07) is 25.1. The summed E-state index contributed by atoms with van der Waals surface area (Å²) in [5.41, 5.74) is 3.51. The maximum absolute atomic E-state index is 12.8. The Bertz CT molecular complexity index is 1000. The summed E-state index contributed by atoms with van der Waals surface area (Å²) in [5.74, 6) is 0.211. The van der Waals surface area contributed by atoms with Crippen molar-refractivity contribution in [2.75, 3.05) is 23.4 Å². The molecule has 2 amide bonds. The van der Waals surface area contributed by atoms with Gasteiger partial charge in [-0.2, -0.15) is 0 Å². The van der Waals surface area contributed by atoms with E-state index in [1.54, 1.807) is 6.07 Å². The number of carbonyl (C=O) groups excluding carboxylic acids is 2. The molecule has 0 saturated carbocycles. The van der Waals surface area contributed by atoms with Crippen molar-refractivity contribution in [3.63, 3.8) is 0 Å². The zero-order chi connectivity index (χ0) is 19.3. The summed E-state index contributed by atoms with van der Waals surface area (Å²) in [4.78, 5) is 26.2. The Morgan fingerprint density at radius 3 is 2.50 bits per heavy atom. The van der Waals surface area contributed by atoms with Crippen molar-refractivity contribution in [2.24, 2.45) is 0 Å². The molecule has 0 atom stereocenters. The quantitative estimate of drug-likeness (QED) is 0.744. The normalized spacial score (nSPS) is 12.9. The number of rotatable bonds is 5. The number of para-hydroxylation sites is 3. The number of amides is 2. The number of ether oxygens (including phenoxy) is 1. The SMILES string of the molecule is O=C1CN(C(=O)COc2ccccc2Cc2ccccc2)c2ccccc2N1. The molecular weight excluding hydrogens is 352 g/mol. The van der Waals surface area contributed by atoms with Crippen molar-refractivity contribution in [2.45, 2.75) is 6.42 Å². The highest BCUT2D eigenvalue weighted by atomic mass is 16.5. The minimum absolute atomic E-state index is 0.00906. The van der Waals surface area contributed by atoms with Gasteiger partial charge >= 0.3 is 0 Å². The van der Waals surface area contributed by atoms with Crippen molar-refractivity contribution >= 4 is 23.2 Å². The summed E-state index contributed by atoms with van der Waals surface area (Å²) in [7, 11) is 0. The molecule has 5 nitrogen and oxygen atoms in total. The van der Waals surface area contributed by atoms with E-state index in [9.17, 15) is 9.59 Å². The summed E-state index contributed by atoms with van der Waals surface area (Å²) in [6.07, 6.45) is 0.722. The highest BCUT2D eigenvalue weighted by molar-refractivity contribution is 6.10. The molecule has 4 rings (SSSR count). The minimum Gasteiger partial charge on any atom is -0.483 e. The maximum Gasteiger partial charge on any atom is 0.265 e. The van der Waals surface area contributed by atoms with Crippen molar-refractivity contribution in [3.05, 3.63) is 90.0 Å². The number of carbonyl (C=O) groups is 2. The van der Waals surface area contributed by atoms with Gasteiger partial charge in [0.1, 0.15) is 12.3 Å². The Kier molecular flexibility index (Phi) is 5.06. The highest BCUT2D eigenvalue weighted by Crippen LogP contribution is 2.29. The van der Waals surface area contributed by atoms with Crippen LogP contribution in [0.3, 0.4) is 0 Å². The lowest BCUT2D eigenvalue weighted by Gasteiger charge is -2.29. The molecule has 0 radical (unpaired) electrons. The molecule has 0 bridgehead atoms. The van der Waals surface area contributed by atoms with E-state index in [4.69, 9.17) is 4.74 Å². The third kappa shape index (κ3) is 3.88. The number of hydrogen-bond donors (Lipinski definition) is 1. The average Bonchev–Trinajstić information content (AvgIpc) is 2.73. The second-order valence-corrected chi connectivity index (χ2v) is 6.60. The molecule has 28 heavy (non-hydrogen) atoms. The summed E-state index contributed by atoms with van der Waals surface area (Å²) < 4.78 is 5.85.